The minimum Gasteiger partial charge on any atom is -0.377 e. The number of halogens is 3. The van der Waals surface area contributed by atoms with Gasteiger partial charge in [0, 0.05) is 31.7 Å². The second-order valence-electron chi connectivity index (χ2n) is 6.16. The van der Waals surface area contributed by atoms with Gasteiger partial charge in [-0.25, -0.2) is 15.0 Å². The Bertz CT molecular complexity index is 966. The third kappa shape index (κ3) is 4.19. The summed E-state index contributed by atoms with van der Waals surface area (Å²) < 4.78 is 40.1. The highest BCUT2D eigenvalue weighted by atomic mass is 32.1. The number of nitrogens with zero attached hydrogens (tertiary/aromatic N) is 4. The highest BCUT2D eigenvalue weighted by molar-refractivity contribution is 7.15. The van der Waals surface area contributed by atoms with E-state index >= 15 is 0 Å². The Balaban J connectivity index is 1.94. The van der Waals surface area contributed by atoms with Crippen molar-refractivity contribution in [1.29, 1.82) is 0 Å². The first-order valence-electron chi connectivity index (χ1n) is 8.08. The second-order valence-corrected chi connectivity index (χ2v) is 7.37. The minimum absolute atomic E-state index is 0.0958. The van der Waals surface area contributed by atoms with Gasteiger partial charge in [-0.05, 0) is 38.1 Å². The lowest BCUT2D eigenvalue weighted by Crippen LogP contribution is -2.16. The van der Waals surface area contributed by atoms with E-state index in [4.69, 9.17) is 0 Å². The molecule has 0 radical (unpaired) electrons. The molecule has 0 aliphatic heterocycles. The predicted octanol–water partition coefficient (Wildman–Crippen LogP) is 5.05. The third-order valence-corrected chi connectivity index (χ3v) is 4.93. The molecule has 1 aromatic carbocycles. The number of aromatic nitrogens is 3. The lowest BCUT2D eigenvalue weighted by atomic mass is 10.1. The molecule has 0 amide bonds. The maximum absolute atomic E-state index is 13.4. The van der Waals surface area contributed by atoms with E-state index in [1.807, 2.05) is 13.8 Å². The van der Waals surface area contributed by atoms with Crippen LogP contribution in [-0.2, 0) is 6.18 Å². The predicted molar refractivity (Wildman–Crippen MR) is 102 cm³/mol. The third-order valence-electron chi connectivity index (χ3n) is 3.83. The average molecular weight is 393 g/mol. The van der Waals surface area contributed by atoms with Gasteiger partial charge in [-0.2, -0.15) is 13.2 Å². The highest BCUT2D eigenvalue weighted by Crippen LogP contribution is 2.38. The number of alkyl halides is 3. The summed E-state index contributed by atoms with van der Waals surface area (Å²) in [5.41, 5.74) is 1.18. The van der Waals surface area contributed by atoms with Gasteiger partial charge in [-0.1, -0.05) is 0 Å². The maximum atomic E-state index is 13.4. The largest absolute Gasteiger partial charge is 0.418 e. The molecular weight excluding hydrogens is 375 g/mol. The fraction of sp³-hybridized carbons (Fsp3) is 0.278. The number of benzene rings is 1. The summed E-state index contributed by atoms with van der Waals surface area (Å²) in [5.74, 6) is 0.226. The number of hydrogen-bond donors (Lipinski definition) is 1. The number of hydrogen-bond acceptors (Lipinski definition) is 6. The SMILES string of the molecule is Cc1nc(C)c(-c2ccnc(Nc3ccc(N(C)C)c(C(F)(F)F)c3)n2)s1. The van der Waals surface area contributed by atoms with E-state index in [0.717, 1.165) is 21.6 Å². The molecule has 0 unspecified atom stereocenters. The van der Waals surface area contributed by atoms with Crippen LogP contribution in [0.15, 0.2) is 30.5 Å². The first kappa shape index (κ1) is 19.1. The molecule has 3 aromatic rings. The normalized spacial score (nSPS) is 11.5. The van der Waals surface area contributed by atoms with E-state index < -0.39 is 11.7 Å². The van der Waals surface area contributed by atoms with Crippen LogP contribution in [0.5, 0.6) is 0 Å². The molecule has 5 nitrogen and oxygen atoms in total. The van der Waals surface area contributed by atoms with Crippen molar-refractivity contribution in [2.24, 2.45) is 0 Å². The van der Waals surface area contributed by atoms with E-state index in [2.05, 4.69) is 20.3 Å². The van der Waals surface area contributed by atoms with Gasteiger partial charge in [0.15, 0.2) is 0 Å². The molecule has 0 atom stereocenters. The molecule has 0 bridgehead atoms. The van der Waals surface area contributed by atoms with Crippen LogP contribution < -0.4 is 10.2 Å². The molecule has 1 N–H and O–H groups in total. The van der Waals surface area contributed by atoms with E-state index in [1.165, 1.54) is 22.3 Å². The molecule has 2 heterocycles. The second kappa shape index (κ2) is 7.15. The van der Waals surface area contributed by atoms with Crippen LogP contribution in [0.2, 0.25) is 0 Å². The molecule has 0 saturated heterocycles. The van der Waals surface area contributed by atoms with Crippen LogP contribution in [0.3, 0.4) is 0 Å². The molecule has 27 heavy (non-hydrogen) atoms. The summed E-state index contributed by atoms with van der Waals surface area (Å²) >= 11 is 1.51. The van der Waals surface area contributed by atoms with Crippen LogP contribution in [0.25, 0.3) is 10.6 Å². The lowest BCUT2D eigenvalue weighted by Gasteiger charge is -2.20. The Morgan fingerprint density at radius 2 is 1.81 bits per heavy atom. The van der Waals surface area contributed by atoms with Crippen molar-refractivity contribution in [1.82, 2.24) is 15.0 Å². The molecule has 142 valence electrons. The van der Waals surface area contributed by atoms with E-state index in [0.29, 0.717) is 5.69 Å². The van der Waals surface area contributed by atoms with Gasteiger partial charge in [0.1, 0.15) is 0 Å². The van der Waals surface area contributed by atoms with Crippen molar-refractivity contribution >= 4 is 28.7 Å². The molecule has 0 saturated carbocycles. The van der Waals surface area contributed by atoms with Crippen LogP contribution >= 0.6 is 11.3 Å². The van der Waals surface area contributed by atoms with Gasteiger partial charge in [-0.3, -0.25) is 0 Å². The Hall–Kier alpha value is -2.68. The van der Waals surface area contributed by atoms with Gasteiger partial charge in [0.2, 0.25) is 5.95 Å². The summed E-state index contributed by atoms with van der Waals surface area (Å²) in [7, 11) is 3.15. The number of thiazole rings is 1. The first-order chi connectivity index (χ1) is 12.6. The van der Waals surface area contributed by atoms with Crippen molar-refractivity contribution in [3.05, 3.63) is 46.7 Å². The van der Waals surface area contributed by atoms with E-state index in [-0.39, 0.29) is 17.3 Å². The van der Waals surface area contributed by atoms with Gasteiger partial charge in [-0.15, -0.1) is 11.3 Å². The number of rotatable bonds is 4. The van der Waals surface area contributed by atoms with Crippen molar-refractivity contribution in [2.75, 3.05) is 24.3 Å². The van der Waals surface area contributed by atoms with Crippen LogP contribution in [0.4, 0.5) is 30.5 Å². The van der Waals surface area contributed by atoms with Crippen LogP contribution in [0.1, 0.15) is 16.3 Å². The van der Waals surface area contributed by atoms with Gasteiger partial charge in [0.25, 0.3) is 0 Å². The monoisotopic (exact) mass is 393 g/mol. The molecule has 3 rings (SSSR count). The minimum atomic E-state index is -4.46. The number of aryl methyl sites for hydroxylation is 2. The molecule has 9 heteroatoms. The van der Waals surface area contributed by atoms with E-state index in [9.17, 15) is 13.2 Å². The zero-order chi connectivity index (χ0) is 19.8. The van der Waals surface area contributed by atoms with E-state index in [1.54, 1.807) is 32.4 Å². The van der Waals surface area contributed by atoms with Crippen LogP contribution in [-0.4, -0.2) is 29.0 Å². The molecule has 0 aliphatic carbocycles. The van der Waals surface area contributed by atoms with Crippen molar-refractivity contribution in [2.45, 2.75) is 20.0 Å². The zero-order valence-corrected chi connectivity index (χ0v) is 16.0. The van der Waals surface area contributed by atoms with Gasteiger partial charge in [0.05, 0.1) is 26.8 Å². The summed E-state index contributed by atoms with van der Waals surface area (Å²) in [6.07, 6.45) is -2.89. The van der Waals surface area contributed by atoms with Crippen LogP contribution in [0, 0.1) is 13.8 Å². The zero-order valence-electron chi connectivity index (χ0n) is 15.2. The molecule has 0 spiro atoms. The fourth-order valence-electron chi connectivity index (χ4n) is 2.67. The Kier molecular flexibility index (Phi) is 5.05. The summed E-state index contributed by atoms with van der Waals surface area (Å²) in [6, 6.07) is 5.81. The Labute approximate surface area is 158 Å². The first-order valence-corrected chi connectivity index (χ1v) is 8.90. The van der Waals surface area contributed by atoms with Crippen molar-refractivity contribution in [3.8, 4) is 10.6 Å². The lowest BCUT2D eigenvalue weighted by molar-refractivity contribution is -0.137. The van der Waals surface area contributed by atoms with Gasteiger partial charge >= 0.3 is 6.18 Å². The van der Waals surface area contributed by atoms with Gasteiger partial charge < -0.3 is 10.2 Å². The molecule has 2 aromatic heterocycles. The van der Waals surface area contributed by atoms with Crippen molar-refractivity contribution in [3.63, 3.8) is 0 Å². The standard InChI is InChI=1S/C18H18F3N5S/c1-10-16(27-11(2)23-10)14-7-8-22-17(25-14)24-12-5-6-15(26(3)4)13(9-12)18(19,20)21/h5-9H,1-4H3,(H,22,24,25). The Morgan fingerprint density at radius 1 is 1.07 bits per heavy atom. The fourth-order valence-corrected chi connectivity index (χ4v) is 3.56. The summed E-state index contributed by atoms with van der Waals surface area (Å²) in [5, 5.41) is 3.78. The smallest absolute Gasteiger partial charge is 0.377 e. The topological polar surface area (TPSA) is 53.9 Å². The molecular formula is C18H18F3N5S. The number of nitrogens with one attached hydrogen (secondary N) is 1. The highest BCUT2D eigenvalue weighted by Gasteiger charge is 2.34. The summed E-state index contributed by atoms with van der Waals surface area (Å²) in [6.45, 7) is 3.80. The van der Waals surface area contributed by atoms with Crippen molar-refractivity contribution < 1.29 is 13.2 Å². The molecule has 0 fully saturated rings. The number of anilines is 3. The quantitative estimate of drug-likeness (QED) is 0.673. The Morgan fingerprint density at radius 3 is 2.41 bits per heavy atom. The average Bonchev–Trinajstić information content (AvgIpc) is 2.92. The summed E-state index contributed by atoms with van der Waals surface area (Å²) in [4.78, 5) is 15.3. The maximum Gasteiger partial charge on any atom is 0.418 e. The molecule has 0 aliphatic rings.